The molecule has 1 aliphatic carbocycles. The number of aliphatic hydroxyl groups excluding tert-OH is 1. The van der Waals surface area contributed by atoms with Crippen molar-refractivity contribution in [2.75, 3.05) is 13.2 Å². The molecule has 1 aliphatic heterocycles. The second-order valence-corrected chi connectivity index (χ2v) is 5.55. The van der Waals surface area contributed by atoms with Crippen molar-refractivity contribution in [1.29, 1.82) is 0 Å². The SMILES string of the molecule is O=C(c1cc(C2CC2)on1)N1CCCC1CCCO. The van der Waals surface area contributed by atoms with Crippen LogP contribution in [0.3, 0.4) is 0 Å². The molecule has 0 aromatic carbocycles. The number of likely N-dealkylation sites (tertiary alicyclic amines) is 1. The van der Waals surface area contributed by atoms with E-state index in [0.29, 0.717) is 11.6 Å². The summed E-state index contributed by atoms with van der Waals surface area (Å²) < 4.78 is 5.25. The Morgan fingerprint density at radius 3 is 3.05 bits per heavy atom. The largest absolute Gasteiger partial charge is 0.396 e. The lowest BCUT2D eigenvalue weighted by Crippen LogP contribution is -2.35. The highest BCUT2D eigenvalue weighted by Gasteiger charge is 2.33. The first-order chi connectivity index (χ1) is 9.29. The quantitative estimate of drug-likeness (QED) is 0.882. The minimum Gasteiger partial charge on any atom is -0.396 e. The third-order valence-corrected chi connectivity index (χ3v) is 4.06. The van der Waals surface area contributed by atoms with Gasteiger partial charge in [0.1, 0.15) is 5.76 Å². The predicted molar refractivity (Wildman–Crippen MR) is 68.9 cm³/mol. The monoisotopic (exact) mass is 264 g/mol. The smallest absolute Gasteiger partial charge is 0.276 e. The van der Waals surface area contributed by atoms with Crippen LogP contribution in [0.1, 0.15) is 60.7 Å². The van der Waals surface area contributed by atoms with Crippen LogP contribution in [0, 0.1) is 0 Å². The summed E-state index contributed by atoms with van der Waals surface area (Å²) in [5, 5.41) is 12.8. The lowest BCUT2D eigenvalue weighted by molar-refractivity contribution is 0.0714. The number of carbonyl (C=O) groups excluding carboxylic acids is 1. The molecule has 0 bridgehead atoms. The molecule has 5 nitrogen and oxygen atoms in total. The van der Waals surface area contributed by atoms with Gasteiger partial charge >= 0.3 is 0 Å². The molecular weight excluding hydrogens is 244 g/mol. The van der Waals surface area contributed by atoms with E-state index in [-0.39, 0.29) is 18.6 Å². The van der Waals surface area contributed by atoms with Crippen LogP contribution in [0.4, 0.5) is 0 Å². The fourth-order valence-electron chi connectivity index (χ4n) is 2.83. The summed E-state index contributed by atoms with van der Waals surface area (Å²) in [5.41, 5.74) is 0.442. The molecule has 1 unspecified atom stereocenters. The summed E-state index contributed by atoms with van der Waals surface area (Å²) in [7, 11) is 0. The molecule has 3 rings (SSSR count). The third-order valence-electron chi connectivity index (χ3n) is 4.06. The molecule has 0 radical (unpaired) electrons. The number of carbonyl (C=O) groups is 1. The maximum atomic E-state index is 12.4. The average molecular weight is 264 g/mol. The van der Waals surface area contributed by atoms with Crippen molar-refractivity contribution < 1.29 is 14.4 Å². The van der Waals surface area contributed by atoms with Gasteiger partial charge in [-0.15, -0.1) is 0 Å². The summed E-state index contributed by atoms with van der Waals surface area (Å²) >= 11 is 0. The molecule has 1 atom stereocenters. The Morgan fingerprint density at radius 1 is 1.47 bits per heavy atom. The molecule has 5 heteroatoms. The Hall–Kier alpha value is -1.36. The molecule has 1 saturated carbocycles. The normalized spacial score (nSPS) is 23.0. The number of hydrogen-bond donors (Lipinski definition) is 1. The summed E-state index contributed by atoms with van der Waals surface area (Å²) in [5.74, 6) is 1.32. The third kappa shape index (κ3) is 2.66. The van der Waals surface area contributed by atoms with E-state index in [1.807, 2.05) is 4.90 Å². The molecule has 1 N–H and O–H groups in total. The van der Waals surface area contributed by atoms with Crippen molar-refractivity contribution >= 4 is 5.91 Å². The summed E-state index contributed by atoms with van der Waals surface area (Å²) in [6.07, 6.45) is 5.97. The van der Waals surface area contributed by atoms with Crippen molar-refractivity contribution in [3.63, 3.8) is 0 Å². The molecule has 1 saturated heterocycles. The van der Waals surface area contributed by atoms with Crippen LogP contribution >= 0.6 is 0 Å². The minimum absolute atomic E-state index is 0.0175. The van der Waals surface area contributed by atoms with Gasteiger partial charge in [-0.25, -0.2) is 0 Å². The highest BCUT2D eigenvalue weighted by atomic mass is 16.5. The molecule has 1 amide bonds. The van der Waals surface area contributed by atoms with Crippen LogP contribution in [0.5, 0.6) is 0 Å². The standard InChI is InChI=1S/C14H20N2O3/c17-8-2-4-11-3-1-7-16(11)14(18)12-9-13(19-15-12)10-5-6-10/h9-11,17H,1-8H2. The topological polar surface area (TPSA) is 66.6 Å². The molecule has 2 heterocycles. The summed E-state index contributed by atoms with van der Waals surface area (Å²) in [6.45, 7) is 0.981. The van der Waals surface area contributed by atoms with E-state index >= 15 is 0 Å². The first kappa shape index (κ1) is 12.7. The number of rotatable bonds is 5. The van der Waals surface area contributed by atoms with E-state index in [9.17, 15) is 4.79 Å². The lowest BCUT2D eigenvalue weighted by Gasteiger charge is -2.23. The Bertz CT molecular complexity index is 453. The number of aliphatic hydroxyl groups is 1. The van der Waals surface area contributed by atoms with Crippen LogP contribution in [-0.2, 0) is 0 Å². The zero-order valence-electron chi connectivity index (χ0n) is 11.0. The zero-order chi connectivity index (χ0) is 13.2. The van der Waals surface area contributed by atoms with Gasteiger partial charge in [-0.2, -0.15) is 0 Å². The van der Waals surface area contributed by atoms with Gasteiger partial charge < -0.3 is 14.5 Å². The first-order valence-corrected chi connectivity index (χ1v) is 7.18. The Balaban J connectivity index is 1.67. The van der Waals surface area contributed by atoms with Gasteiger partial charge in [-0.3, -0.25) is 4.79 Å². The van der Waals surface area contributed by atoms with Crippen LogP contribution in [-0.4, -0.2) is 40.3 Å². The van der Waals surface area contributed by atoms with E-state index in [0.717, 1.165) is 50.8 Å². The lowest BCUT2D eigenvalue weighted by atomic mass is 10.1. The molecular formula is C14H20N2O3. The van der Waals surface area contributed by atoms with E-state index in [4.69, 9.17) is 9.63 Å². The number of nitrogens with zero attached hydrogens (tertiary/aromatic N) is 2. The minimum atomic E-state index is -0.0175. The van der Waals surface area contributed by atoms with Crippen molar-refractivity contribution in [3.05, 3.63) is 17.5 Å². The van der Waals surface area contributed by atoms with E-state index in [2.05, 4.69) is 5.16 Å². The molecule has 1 aromatic heterocycles. The maximum Gasteiger partial charge on any atom is 0.276 e. The van der Waals surface area contributed by atoms with Gasteiger partial charge in [0.2, 0.25) is 0 Å². The number of hydrogen-bond acceptors (Lipinski definition) is 4. The fourth-order valence-corrected chi connectivity index (χ4v) is 2.83. The van der Waals surface area contributed by atoms with Gasteiger partial charge in [0.25, 0.3) is 5.91 Å². The first-order valence-electron chi connectivity index (χ1n) is 7.18. The Labute approximate surface area is 112 Å². The summed E-state index contributed by atoms with van der Waals surface area (Å²) in [6, 6.07) is 2.06. The van der Waals surface area contributed by atoms with Gasteiger partial charge in [-0.05, 0) is 38.5 Å². The molecule has 2 fully saturated rings. The van der Waals surface area contributed by atoms with E-state index < -0.39 is 0 Å². The average Bonchev–Trinajstić information content (AvgIpc) is 2.99. The van der Waals surface area contributed by atoms with Crippen LogP contribution < -0.4 is 0 Å². The van der Waals surface area contributed by atoms with Crippen molar-refractivity contribution in [1.82, 2.24) is 10.1 Å². The number of aromatic nitrogens is 1. The van der Waals surface area contributed by atoms with E-state index in [1.54, 1.807) is 6.07 Å². The highest BCUT2D eigenvalue weighted by Crippen LogP contribution is 2.40. The molecule has 19 heavy (non-hydrogen) atoms. The zero-order valence-corrected chi connectivity index (χ0v) is 11.0. The molecule has 1 aromatic rings. The molecule has 104 valence electrons. The van der Waals surface area contributed by atoms with Crippen molar-refractivity contribution in [3.8, 4) is 0 Å². The molecule has 2 aliphatic rings. The fraction of sp³-hybridized carbons (Fsp3) is 0.714. The Morgan fingerprint density at radius 2 is 2.32 bits per heavy atom. The highest BCUT2D eigenvalue weighted by molar-refractivity contribution is 5.92. The van der Waals surface area contributed by atoms with Gasteiger partial charge in [0, 0.05) is 31.2 Å². The summed E-state index contributed by atoms with van der Waals surface area (Å²) in [4.78, 5) is 14.3. The van der Waals surface area contributed by atoms with Crippen LogP contribution in [0.25, 0.3) is 0 Å². The van der Waals surface area contributed by atoms with Gasteiger partial charge in [-0.1, -0.05) is 5.16 Å². The maximum absolute atomic E-state index is 12.4. The van der Waals surface area contributed by atoms with Gasteiger partial charge in [0.15, 0.2) is 5.69 Å². The second-order valence-electron chi connectivity index (χ2n) is 5.55. The second kappa shape index (κ2) is 5.33. The van der Waals surface area contributed by atoms with Gasteiger partial charge in [0.05, 0.1) is 0 Å². The Kier molecular flexibility index (Phi) is 3.55. The van der Waals surface area contributed by atoms with Crippen LogP contribution in [0.2, 0.25) is 0 Å². The number of amides is 1. The predicted octanol–water partition coefficient (Wildman–Crippen LogP) is 1.93. The molecule has 0 spiro atoms. The van der Waals surface area contributed by atoms with Crippen LogP contribution in [0.15, 0.2) is 10.6 Å². The van der Waals surface area contributed by atoms with E-state index in [1.165, 1.54) is 0 Å². The van der Waals surface area contributed by atoms with Crippen molar-refractivity contribution in [2.45, 2.75) is 50.5 Å². The van der Waals surface area contributed by atoms with Crippen molar-refractivity contribution in [2.24, 2.45) is 0 Å².